The summed E-state index contributed by atoms with van der Waals surface area (Å²) in [5.74, 6) is 0.380. The van der Waals surface area contributed by atoms with Gasteiger partial charge in [-0.25, -0.2) is 0 Å². The molecule has 258 valence electrons. The molecule has 3 aromatic carbocycles. The number of aromatic nitrogens is 2. The Morgan fingerprint density at radius 1 is 0.740 bits per heavy atom. The van der Waals surface area contributed by atoms with Crippen LogP contribution in [0, 0.1) is 33.6 Å². The zero-order valence-corrected chi connectivity index (χ0v) is 32.2. The van der Waals surface area contributed by atoms with Gasteiger partial charge in [-0.15, -0.1) is 0 Å². The summed E-state index contributed by atoms with van der Waals surface area (Å²) >= 11 is 0. The highest BCUT2D eigenvalue weighted by Crippen LogP contribution is 2.59. The molecule has 3 heterocycles. The van der Waals surface area contributed by atoms with E-state index >= 15 is 0 Å². The summed E-state index contributed by atoms with van der Waals surface area (Å²) in [5.41, 5.74) is 17.3. The first-order chi connectivity index (χ1) is 24.1. The standard InChI is InChI=1S/C48H58N2/c1-10-13-14-20-37-31-42-40(30-34(37)6)44-41(48(11-2,12-3)50-25-18-17-22-43(50)45(44)47(42,8)9)24-27-49-26-23-36-19-15-16-21-38(36)46(49)39-29-32(4)28-33(5)35(39)7/h15-19,21-23,25-26,28-31,41H,10-14,20,24,27H2,1-9H3/q+2. The van der Waals surface area contributed by atoms with E-state index in [4.69, 9.17) is 0 Å². The zero-order valence-electron chi connectivity index (χ0n) is 32.2. The third-order valence-electron chi connectivity index (χ3n) is 12.9. The Labute approximate surface area is 301 Å². The number of rotatable bonds is 10. The van der Waals surface area contributed by atoms with Crippen LogP contribution < -0.4 is 9.13 Å². The van der Waals surface area contributed by atoms with Crippen LogP contribution in [0.4, 0.5) is 0 Å². The smallest absolute Gasteiger partial charge is 0.198 e. The van der Waals surface area contributed by atoms with Gasteiger partial charge in [0.2, 0.25) is 11.4 Å². The van der Waals surface area contributed by atoms with Crippen LogP contribution in [0.1, 0.15) is 118 Å². The highest BCUT2D eigenvalue weighted by Gasteiger charge is 2.57. The van der Waals surface area contributed by atoms with Crippen LogP contribution in [0.5, 0.6) is 0 Å². The lowest BCUT2D eigenvalue weighted by Gasteiger charge is -2.41. The predicted octanol–water partition coefficient (Wildman–Crippen LogP) is 11.5. The second kappa shape index (κ2) is 13.3. The van der Waals surface area contributed by atoms with Gasteiger partial charge >= 0.3 is 0 Å². The number of fused-ring (bicyclic) bond motifs is 5. The monoisotopic (exact) mass is 662 g/mol. The Morgan fingerprint density at radius 2 is 1.50 bits per heavy atom. The fourth-order valence-corrected chi connectivity index (χ4v) is 10.0. The lowest BCUT2D eigenvalue weighted by Crippen LogP contribution is -2.64. The van der Waals surface area contributed by atoms with Gasteiger partial charge in [-0.2, -0.15) is 9.13 Å². The Bertz CT molecular complexity index is 2120. The first-order valence-electron chi connectivity index (χ1n) is 19.5. The number of benzene rings is 3. The molecule has 5 aromatic rings. The molecule has 2 aromatic heterocycles. The average Bonchev–Trinajstić information content (AvgIpc) is 3.33. The van der Waals surface area contributed by atoms with Crippen molar-refractivity contribution in [3.05, 3.63) is 130 Å². The van der Waals surface area contributed by atoms with Crippen molar-refractivity contribution in [1.82, 2.24) is 0 Å². The van der Waals surface area contributed by atoms with Crippen LogP contribution in [-0.2, 0) is 23.9 Å². The Morgan fingerprint density at radius 3 is 2.26 bits per heavy atom. The molecule has 0 radical (unpaired) electrons. The summed E-state index contributed by atoms with van der Waals surface area (Å²) < 4.78 is 5.30. The van der Waals surface area contributed by atoms with Crippen molar-refractivity contribution in [2.45, 2.75) is 125 Å². The van der Waals surface area contributed by atoms with Gasteiger partial charge in [0, 0.05) is 48.4 Å². The molecule has 0 amide bonds. The molecule has 1 unspecified atom stereocenters. The van der Waals surface area contributed by atoms with Crippen LogP contribution in [0.25, 0.3) is 33.2 Å². The molecule has 2 nitrogen and oxygen atoms in total. The maximum absolute atomic E-state index is 2.71. The third kappa shape index (κ3) is 5.37. The second-order valence-electron chi connectivity index (χ2n) is 16.0. The highest BCUT2D eigenvalue weighted by atomic mass is 15.1. The van der Waals surface area contributed by atoms with Crippen LogP contribution >= 0.6 is 0 Å². The molecule has 1 atom stereocenters. The van der Waals surface area contributed by atoms with Gasteiger partial charge in [-0.1, -0.05) is 89.4 Å². The number of pyridine rings is 2. The zero-order chi connectivity index (χ0) is 35.4. The first kappa shape index (κ1) is 34.4. The van der Waals surface area contributed by atoms with Crippen molar-refractivity contribution >= 4 is 21.9 Å². The maximum Gasteiger partial charge on any atom is 0.220 e. The topological polar surface area (TPSA) is 7.76 Å². The van der Waals surface area contributed by atoms with E-state index in [-0.39, 0.29) is 11.0 Å². The van der Waals surface area contributed by atoms with E-state index in [9.17, 15) is 0 Å². The molecule has 0 saturated carbocycles. The van der Waals surface area contributed by atoms with Crippen molar-refractivity contribution < 1.29 is 9.13 Å². The molecule has 7 rings (SSSR count). The molecule has 2 aliphatic rings. The van der Waals surface area contributed by atoms with Gasteiger partial charge in [-0.05, 0) is 103 Å². The molecule has 0 spiro atoms. The summed E-state index contributed by atoms with van der Waals surface area (Å²) in [6.07, 6.45) is 13.0. The normalized spacial score (nSPS) is 17.2. The largest absolute Gasteiger partial charge is 0.220 e. The van der Waals surface area contributed by atoms with E-state index in [1.807, 2.05) is 0 Å². The first-order valence-corrected chi connectivity index (χ1v) is 19.5. The second-order valence-corrected chi connectivity index (χ2v) is 16.0. The van der Waals surface area contributed by atoms with Crippen molar-refractivity contribution in [2.24, 2.45) is 5.92 Å². The third-order valence-corrected chi connectivity index (χ3v) is 12.9. The van der Waals surface area contributed by atoms with E-state index in [1.54, 1.807) is 16.7 Å². The maximum atomic E-state index is 2.71. The van der Waals surface area contributed by atoms with Crippen molar-refractivity contribution in [3.63, 3.8) is 0 Å². The number of allylic oxidation sites excluding steroid dienone is 2. The quantitative estimate of drug-likeness (QED) is 0.104. The van der Waals surface area contributed by atoms with E-state index in [0.29, 0.717) is 5.92 Å². The molecule has 0 saturated heterocycles. The summed E-state index contributed by atoms with van der Waals surface area (Å²) in [6.45, 7) is 22.3. The number of aryl methyl sites for hydroxylation is 5. The number of hydrogen-bond acceptors (Lipinski definition) is 0. The Hall–Kier alpha value is -4.04. The molecule has 1 aliphatic carbocycles. The molecule has 0 N–H and O–H groups in total. The summed E-state index contributed by atoms with van der Waals surface area (Å²) in [4.78, 5) is 0. The van der Waals surface area contributed by atoms with E-state index < -0.39 is 0 Å². The molecule has 0 fully saturated rings. The molecular weight excluding hydrogens is 605 g/mol. The SMILES string of the molecule is CCCCCc1cc2c(cc1C)C1=C(c3cccc[n+]3C(CC)(CC)C1CC[n+]1ccc3ccccc3c1-c1cc(C)cc(C)c1C)C2(C)C. The van der Waals surface area contributed by atoms with Gasteiger partial charge in [0.1, 0.15) is 6.54 Å². The van der Waals surface area contributed by atoms with E-state index in [2.05, 4.69) is 157 Å². The lowest BCUT2D eigenvalue weighted by atomic mass is 9.67. The van der Waals surface area contributed by atoms with Gasteiger partial charge in [0.05, 0.1) is 16.9 Å². The summed E-state index contributed by atoms with van der Waals surface area (Å²) in [5, 5.41) is 2.64. The minimum absolute atomic E-state index is 0.00572. The molecule has 0 bridgehead atoms. The van der Waals surface area contributed by atoms with Crippen LogP contribution in [0.3, 0.4) is 0 Å². The number of hydrogen-bond donors (Lipinski definition) is 0. The van der Waals surface area contributed by atoms with Crippen LogP contribution in [-0.4, -0.2) is 0 Å². The van der Waals surface area contributed by atoms with Crippen molar-refractivity contribution in [2.75, 3.05) is 0 Å². The van der Waals surface area contributed by atoms with E-state index in [1.165, 1.54) is 86.8 Å². The molecule has 1 aliphatic heterocycles. The van der Waals surface area contributed by atoms with Crippen LogP contribution in [0.2, 0.25) is 0 Å². The van der Waals surface area contributed by atoms with Gasteiger partial charge in [-0.3, -0.25) is 0 Å². The Balaban J connectivity index is 1.42. The van der Waals surface area contributed by atoms with E-state index in [0.717, 1.165) is 25.8 Å². The highest BCUT2D eigenvalue weighted by molar-refractivity contribution is 6.02. The number of nitrogens with zero attached hydrogens (tertiary/aromatic N) is 2. The molecule has 50 heavy (non-hydrogen) atoms. The lowest BCUT2D eigenvalue weighted by molar-refractivity contribution is -0.777. The fraction of sp³-hybridized carbons (Fsp3) is 0.417. The summed E-state index contributed by atoms with van der Waals surface area (Å²) in [6, 6.07) is 28.2. The predicted molar refractivity (Wildman–Crippen MR) is 211 cm³/mol. The number of unbranched alkanes of at least 4 members (excludes halogenated alkanes) is 2. The fourth-order valence-electron chi connectivity index (χ4n) is 10.0. The van der Waals surface area contributed by atoms with Gasteiger partial charge < -0.3 is 0 Å². The van der Waals surface area contributed by atoms with Crippen molar-refractivity contribution in [1.29, 1.82) is 0 Å². The van der Waals surface area contributed by atoms with Crippen LogP contribution in [0.15, 0.2) is 85.2 Å². The average molecular weight is 663 g/mol. The molecular formula is C48H58N2+2. The molecule has 2 heteroatoms. The van der Waals surface area contributed by atoms with Gasteiger partial charge in [0.15, 0.2) is 17.9 Å². The van der Waals surface area contributed by atoms with Crippen molar-refractivity contribution in [3.8, 4) is 11.3 Å². The minimum atomic E-state index is -0.0652. The minimum Gasteiger partial charge on any atom is -0.198 e. The van der Waals surface area contributed by atoms with Gasteiger partial charge in [0.25, 0.3) is 0 Å². The Kier molecular flexibility index (Phi) is 9.12. The summed E-state index contributed by atoms with van der Waals surface area (Å²) in [7, 11) is 0.